The molecular formula is C19H21NO2. The summed E-state index contributed by atoms with van der Waals surface area (Å²) in [7, 11) is 1.66. The number of hydrogen-bond donors (Lipinski definition) is 1. The molecule has 0 bridgehead atoms. The molecule has 0 heterocycles. The Labute approximate surface area is 131 Å². The molecule has 0 saturated carbocycles. The van der Waals surface area contributed by atoms with E-state index in [0.717, 1.165) is 24.2 Å². The normalized spacial score (nSPS) is 10.6. The van der Waals surface area contributed by atoms with Crippen LogP contribution in [-0.4, -0.2) is 19.6 Å². The molecule has 1 amide bonds. The number of hydrogen-bond acceptors (Lipinski definition) is 2. The lowest BCUT2D eigenvalue weighted by atomic mass is 10.1. The molecular weight excluding hydrogens is 274 g/mol. The van der Waals surface area contributed by atoms with Gasteiger partial charge >= 0.3 is 0 Å². The Morgan fingerprint density at radius 1 is 1.09 bits per heavy atom. The highest BCUT2D eigenvalue weighted by Gasteiger charge is 1.97. The molecule has 0 saturated heterocycles. The molecule has 2 aromatic carbocycles. The Morgan fingerprint density at radius 2 is 1.82 bits per heavy atom. The molecule has 0 aliphatic carbocycles. The Morgan fingerprint density at radius 3 is 2.50 bits per heavy atom. The summed E-state index contributed by atoms with van der Waals surface area (Å²) >= 11 is 0. The van der Waals surface area contributed by atoms with Gasteiger partial charge in [-0.2, -0.15) is 0 Å². The van der Waals surface area contributed by atoms with Gasteiger partial charge in [-0.05, 0) is 42.2 Å². The van der Waals surface area contributed by atoms with Gasteiger partial charge in [0.25, 0.3) is 0 Å². The molecule has 0 unspecified atom stereocenters. The van der Waals surface area contributed by atoms with Crippen molar-refractivity contribution >= 4 is 12.0 Å². The number of nitrogens with one attached hydrogen (secondary N) is 1. The summed E-state index contributed by atoms with van der Waals surface area (Å²) in [4.78, 5) is 11.7. The number of carbonyl (C=O) groups excluding carboxylic acids is 1. The van der Waals surface area contributed by atoms with Gasteiger partial charge < -0.3 is 10.1 Å². The van der Waals surface area contributed by atoms with Crippen LogP contribution >= 0.6 is 0 Å². The molecule has 2 rings (SSSR count). The maximum absolute atomic E-state index is 11.7. The van der Waals surface area contributed by atoms with Gasteiger partial charge in [0.2, 0.25) is 5.91 Å². The summed E-state index contributed by atoms with van der Waals surface area (Å²) in [6.45, 7) is 0.671. The maximum Gasteiger partial charge on any atom is 0.243 e. The van der Waals surface area contributed by atoms with Crippen LogP contribution in [-0.2, 0) is 11.2 Å². The minimum Gasteiger partial charge on any atom is -0.497 e. The van der Waals surface area contributed by atoms with E-state index in [-0.39, 0.29) is 5.91 Å². The topological polar surface area (TPSA) is 38.3 Å². The van der Waals surface area contributed by atoms with Crippen LogP contribution in [0, 0.1) is 0 Å². The van der Waals surface area contributed by atoms with E-state index >= 15 is 0 Å². The van der Waals surface area contributed by atoms with E-state index in [4.69, 9.17) is 4.74 Å². The van der Waals surface area contributed by atoms with Crippen LogP contribution in [0.25, 0.3) is 6.08 Å². The average molecular weight is 295 g/mol. The van der Waals surface area contributed by atoms with Gasteiger partial charge in [-0.3, -0.25) is 4.79 Å². The second-order valence-corrected chi connectivity index (χ2v) is 4.99. The summed E-state index contributed by atoms with van der Waals surface area (Å²) < 4.78 is 5.13. The second-order valence-electron chi connectivity index (χ2n) is 4.99. The zero-order valence-corrected chi connectivity index (χ0v) is 12.8. The average Bonchev–Trinajstić information content (AvgIpc) is 2.58. The SMILES string of the molecule is COc1ccc(CCCNC(=O)/C=C/c2ccccc2)cc1. The van der Waals surface area contributed by atoms with Crippen molar-refractivity contribution in [1.82, 2.24) is 5.32 Å². The first kappa shape index (κ1) is 15.8. The first-order valence-corrected chi connectivity index (χ1v) is 7.42. The van der Waals surface area contributed by atoms with Crippen molar-refractivity contribution in [2.75, 3.05) is 13.7 Å². The summed E-state index contributed by atoms with van der Waals surface area (Å²) in [5.41, 5.74) is 2.27. The molecule has 0 radical (unpaired) electrons. The van der Waals surface area contributed by atoms with Crippen LogP contribution in [0.2, 0.25) is 0 Å². The molecule has 0 atom stereocenters. The Hall–Kier alpha value is -2.55. The first-order valence-electron chi connectivity index (χ1n) is 7.42. The lowest BCUT2D eigenvalue weighted by molar-refractivity contribution is -0.116. The lowest BCUT2D eigenvalue weighted by Crippen LogP contribution is -2.22. The number of carbonyl (C=O) groups is 1. The second kappa shape index (κ2) is 8.67. The zero-order chi connectivity index (χ0) is 15.6. The van der Waals surface area contributed by atoms with Crippen LogP contribution < -0.4 is 10.1 Å². The summed E-state index contributed by atoms with van der Waals surface area (Å²) in [5, 5.41) is 2.90. The van der Waals surface area contributed by atoms with E-state index in [1.54, 1.807) is 13.2 Å². The predicted molar refractivity (Wildman–Crippen MR) is 89.8 cm³/mol. The third kappa shape index (κ3) is 5.44. The molecule has 1 N–H and O–H groups in total. The van der Waals surface area contributed by atoms with Gasteiger partial charge in [0.1, 0.15) is 5.75 Å². The highest BCUT2D eigenvalue weighted by atomic mass is 16.5. The van der Waals surface area contributed by atoms with Crippen molar-refractivity contribution in [3.8, 4) is 5.75 Å². The predicted octanol–water partition coefficient (Wildman–Crippen LogP) is 3.46. The van der Waals surface area contributed by atoms with Crippen molar-refractivity contribution < 1.29 is 9.53 Å². The highest BCUT2D eigenvalue weighted by molar-refractivity contribution is 5.91. The van der Waals surface area contributed by atoms with Gasteiger partial charge in [0.05, 0.1) is 7.11 Å². The van der Waals surface area contributed by atoms with Gasteiger partial charge in [0.15, 0.2) is 0 Å². The van der Waals surface area contributed by atoms with Crippen LogP contribution in [0.15, 0.2) is 60.7 Å². The fourth-order valence-corrected chi connectivity index (χ4v) is 2.09. The van der Waals surface area contributed by atoms with E-state index in [2.05, 4.69) is 17.4 Å². The standard InChI is InChI=1S/C19H21NO2/c1-22-18-12-9-17(10-13-18)8-5-15-20-19(21)14-11-16-6-3-2-4-7-16/h2-4,6-7,9-14H,5,8,15H2,1H3,(H,20,21)/b14-11+. The molecule has 0 aliphatic rings. The summed E-state index contributed by atoms with van der Waals surface area (Å²) in [6, 6.07) is 17.8. The molecule has 3 heteroatoms. The van der Waals surface area contributed by atoms with Crippen molar-refractivity contribution in [2.24, 2.45) is 0 Å². The molecule has 0 fully saturated rings. The van der Waals surface area contributed by atoms with Crippen molar-refractivity contribution in [2.45, 2.75) is 12.8 Å². The minimum atomic E-state index is -0.0569. The fraction of sp³-hybridized carbons (Fsp3) is 0.211. The Bertz CT molecular complexity index is 603. The van der Waals surface area contributed by atoms with Gasteiger partial charge in [-0.15, -0.1) is 0 Å². The van der Waals surface area contributed by atoms with Gasteiger partial charge in [-0.25, -0.2) is 0 Å². The third-order valence-electron chi connectivity index (χ3n) is 3.33. The van der Waals surface area contributed by atoms with Crippen molar-refractivity contribution in [3.05, 3.63) is 71.8 Å². The van der Waals surface area contributed by atoms with E-state index in [0.29, 0.717) is 6.54 Å². The molecule has 22 heavy (non-hydrogen) atoms. The zero-order valence-electron chi connectivity index (χ0n) is 12.8. The van der Waals surface area contributed by atoms with Crippen LogP contribution in [0.4, 0.5) is 0 Å². The van der Waals surface area contributed by atoms with E-state index < -0.39 is 0 Å². The molecule has 114 valence electrons. The van der Waals surface area contributed by atoms with E-state index in [1.807, 2.05) is 48.5 Å². The number of ether oxygens (including phenoxy) is 1. The number of benzene rings is 2. The highest BCUT2D eigenvalue weighted by Crippen LogP contribution is 2.12. The molecule has 0 spiro atoms. The lowest BCUT2D eigenvalue weighted by Gasteiger charge is -2.04. The van der Waals surface area contributed by atoms with Crippen LogP contribution in [0.5, 0.6) is 5.75 Å². The van der Waals surface area contributed by atoms with Crippen molar-refractivity contribution in [3.63, 3.8) is 0 Å². The van der Waals surface area contributed by atoms with Gasteiger partial charge in [0, 0.05) is 12.6 Å². The Kier molecular flexibility index (Phi) is 6.24. The molecule has 0 aromatic heterocycles. The number of amides is 1. The summed E-state index contributed by atoms with van der Waals surface area (Å²) in [5.74, 6) is 0.807. The minimum absolute atomic E-state index is 0.0569. The molecule has 2 aromatic rings. The van der Waals surface area contributed by atoms with E-state index in [1.165, 1.54) is 5.56 Å². The third-order valence-corrected chi connectivity index (χ3v) is 3.33. The van der Waals surface area contributed by atoms with Crippen LogP contribution in [0.1, 0.15) is 17.5 Å². The largest absolute Gasteiger partial charge is 0.497 e. The fourth-order valence-electron chi connectivity index (χ4n) is 2.09. The summed E-state index contributed by atoms with van der Waals surface area (Å²) in [6.07, 6.45) is 5.24. The quantitative estimate of drug-likeness (QED) is 0.627. The maximum atomic E-state index is 11.7. The monoisotopic (exact) mass is 295 g/mol. The molecule has 0 aliphatic heterocycles. The Balaban J connectivity index is 1.67. The van der Waals surface area contributed by atoms with Gasteiger partial charge in [-0.1, -0.05) is 42.5 Å². The first-order chi connectivity index (χ1) is 10.8. The van der Waals surface area contributed by atoms with Crippen molar-refractivity contribution in [1.29, 1.82) is 0 Å². The number of methoxy groups -OCH3 is 1. The van der Waals surface area contributed by atoms with E-state index in [9.17, 15) is 4.79 Å². The number of rotatable bonds is 7. The van der Waals surface area contributed by atoms with Crippen LogP contribution in [0.3, 0.4) is 0 Å². The number of aryl methyl sites for hydroxylation is 1. The molecule has 3 nitrogen and oxygen atoms in total. The smallest absolute Gasteiger partial charge is 0.243 e.